The van der Waals surface area contributed by atoms with Gasteiger partial charge in [-0.3, -0.25) is 4.90 Å². The normalized spacial score (nSPS) is 17.4. The molecule has 1 saturated heterocycles. The van der Waals surface area contributed by atoms with Crippen LogP contribution in [0.4, 0.5) is 5.82 Å². The standard InChI is InChI=1S/C19H23N5O3/c1-25-11-8-20-17-7-6-14(12-21-17)18-22-19(27-23-18)16-5-2-9-24(16)13-15-4-3-10-26-15/h3-4,6-7,10,12,16H,2,5,8-9,11,13H2,1H3,(H,20,21)/t16-/m0/s1. The molecule has 0 radical (unpaired) electrons. The molecule has 3 aromatic heterocycles. The molecule has 1 aliphatic rings. The van der Waals surface area contributed by atoms with Crippen LogP contribution in [0.15, 0.2) is 45.7 Å². The number of aromatic nitrogens is 3. The molecule has 0 aromatic carbocycles. The van der Waals surface area contributed by atoms with Crippen molar-refractivity contribution in [3.05, 3.63) is 48.4 Å². The number of furan rings is 1. The first-order chi connectivity index (χ1) is 13.3. The topological polar surface area (TPSA) is 89.5 Å². The number of pyridine rings is 1. The molecule has 3 aromatic rings. The summed E-state index contributed by atoms with van der Waals surface area (Å²) in [7, 11) is 1.67. The van der Waals surface area contributed by atoms with Gasteiger partial charge in [-0.25, -0.2) is 4.98 Å². The van der Waals surface area contributed by atoms with E-state index in [1.807, 2.05) is 24.3 Å². The van der Waals surface area contributed by atoms with Crippen LogP contribution in [0.2, 0.25) is 0 Å². The lowest BCUT2D eigenvalue weighted by atomic mass is 10.2. The fourth-order valence-electron chi connectivity index (χ4n) is 3.30. The maximum atomic E-state index is 5.57. The highest BCUT2D eigenvalue weighted by atomic mass is 16.5. The molecule has 4 heterocycles. The third-order valence-electron chi connectivity index (χ3n) is 4.66. The minimum absolute atomic E-state index is 0.124. The third-order valence-corrected chi connectivity index (χ3v) is 4.66. The van der Waals surface area contributed by atoms with E-state index in [9.17, 15) is 0 Å². The van der Waals surface area contributed by atoms with Gasteiger partial charge in [-0.15, -0.1) is 0 Å². The molecule has 8 nitrogen and oxygen atoms in total. The summed E-state index contributed by atoms with van der Waals surface area (Å²) in [5.41, 5.74) is 0.831. The molecule has 0 aliphatic carbocycles. The summed E-state index contributed by atoms with van der Waals surface area (Å²) in [6.45, 7) is 3.08. The van der Waals surface area contributed by atoms with Crippen LogP contribution in [0.3, 0.4) is 0 Å². The van der Waals surface area contributed by atoms with E-state index in [2.05, 4.69) is 25.3 Å². The molecule has 1 atom stereocenters. The summed E-state index contributed by atoms with van der Waals surface area (Å²) in [6.07, 6.45) is 5.56. The summed E-state index contributed by atoms with van der Waals surface area (Å²) in [4.78, 5) is 11.3. The minimum Gasteiger partial charge on any atom is -0.468 e. The van der Waals surface area contributed by atoms with E-state index in [0.29, 0.717) is 24.9 Å². The fourth-order valence-corrected chi connectivity index (χ4v) is 3.30. The van der Waals surface area contributed by atoms with Gasteiger partial charge in [-0.2, -0.15) is 4.98 Å². The Labute approximate surface area is 157 Å². The van der Waals surface area contributed by atoms with Gasteiger partial charge >= 0.3 is 0 Å². The maximum Gasteiger partial charge on any atom is 0.244 e. The molecule has 0 saturated carbocycles. The van der Waals surface area contributed by atoms with Crippen molar-refractivity contribution in [1.29, 1.82) is 0 Å². The zero-order chi connectivity index (χ0) is 18.5. The molecule has 0 amide bonds. The second kappa shape index (κ2) is 8.32. The Bertz CT molecular complexity index is 831. The van der Waals surface area contributed by atoms with Crippen LogP contribution in [-0.2, 0) is 11.3 Å². The first-order valence-electron chi connectivity index (χ1n) is 9.13. The zero-order valence-electron chi connectivity index (χ0n) is 15.3. The Kier molecular flexibility index (Phi) is 5.45. The number of nitrogens with zero attached hydrogens (tertiary/aromatic N) is 4. The first-order valence-corrected chi connectivity index (χ1v) is 9.13. The van der Waals surface area contributed by atoms with Crippen molar-refractivity contribution < 1.29 is 13.7 Å². The van der Waals surface area contributed by atoms with E-state index in [0.717, 1.165) is 43.1 Å². The summed E-state index contributed by atoms with van der Waals surface area (Å²) >= 11 is 0. The van der Waals surface area contributed by atoms with Crippen LogP contribution in [-0.4, -0.2) is 46.8 Å². The molecule has 0 bridgehead atoms. The molecule has 1 N–H and O–H groups in total. The fraction of sp³-hybridized carbons (Fsp3) is 0.421. The van der Waals surface area contributed by atoms with Crippen molar-refractivity contribution in [3.63, 3.8) is 0 Å². The van der Waals surface area contributed by atoms with Gasteiger partial charge in [0.25, 0.3) is 0 Å². The molecule has 27 heavy (non-hydrogen) atoms. The largest absolute Gasteiger partial charge is 0.468 e. The van der Waals surface area contributed by atoms with Gasteiger partial charge in [-0.1, -0.05) is 5.16 Å². The average molecular weight is 369 g/mol. The quantitative estimate of drug-likeness (QED) is 0.606. The average Bonchev–Trinajstić information content (AvgIpc) is 3.45. The molecule has 0 unspecified atom stereocenters. The summed E-state index contributed by atoms with van der Waals surface area (Å²) in [6, 6.07) is 7.86. The second-order valence-electron chi connectivity index (χ2n) is 6.52. The van der Waals surface area contributed by atoms with Crippen LogP contribution in [0.1, 0.15) is 30.5 Å². The van der Waals surface area contributed by atoms with Crippen LogP contribution >= 0.6 is 0 Å². The van der Waals surface area contributed by atoms with Gasteiger partial charge in [0, 0.05) is 25.4 Å². The number of anilines is 1. The molecule has 8 heteroatoms. The number of nitrogens with one attached hydrogen (secondary N) is 1. The highest BCUT2D eigenvalue weighted by Crippen LogP contribution is 2.33. The lowest BCUT2D eigenvalue weighted by Crippen LogP contribution is -2.22. The summed E-state index contributed by atoms with van der Waals surface area (Å²) in [5.74, 6) is 2.95. The summed E-state index contributed by atoms with van der Waals surface area (Å²) < 4.78 is 16.1. The van der Waals surface area contributed by atoms with Gasteiger partial charge in [-0.05, 0) is 43.7 Å². The van der Waals surface area contributed by atoms with E-state index in [-0.39, 0.29) is 6.04 Å². The second-order valence-corrected chi connectivity index (χ2v) is 6.52. The highest BCUT2D eigenvalue weighted by Gasteiger charge is 2.31. The molecule has 1 fully saturated rings. The highest BCUT2D eigenvalue weighted by molar-refractivity contribution is 5.55. The van der Waals surface area contributed by atoms with E-state index in [1.54, 1.807) is 19.6 Å². The smallest absolute Gasteiger partial charge is 0.244 e. The van der Waals surface area contributed by atoms with Crippen LogP contribution in [0.25, 0.3) is 11.4 Å². The van der Waals surface area contributed by atoms with Crippen molar-refractivity contribution >= 4 is 5.82 Å². The molecule has 142 valence electrons. The van der Waals surface area contributed by atoms with Crippen LogP contribution < -0.4 is 5.32 Å². The Morgan fingerprint density at radius 2 is 2.30 bits per heavy atom. The van der Waals surface area contributed by atoms with Gasteiger partial charge < -0.3 is 19.0 Å². The molecule has 0 spiro atoms. The number of likely N-dealkylation sites (tertiary alicyclic amines) is 1. The van der Waals surface area contributed by atoms with Crippen molar-refractivity contribution in [2.24, 2.45) is 0 Å². The Balaban J connectivity index is 1.43. The maximum absolute atomic E-state index is 5.57. The number of hydrogen-bond donors (Lipinski definition) is 1. The predicted molar refractivity (Wildman–Crippen MR) is 99.0 cm³/mol. The van der Waals surface area contributed by atoms with Gasteiger partial charge in [0.1, 0.15) is 11.6 Å². The van der Waals surface area contributed by atoms with Crippen molar-refractivity contribution in [2.45, 2.75) is 25.4 Å². The Hall–Kier alpha value is -2.71. The van der Waals surface area contributed by atoms with Crippen LogP contribution in [0, 0.1) is 0 Å². The van der Waals surface area contributed by atoms with Crippen molar-refractivity contribution in [2.75, 3.05) is 32.1 Å². The van der Waals surface area contributed by atoms with Crippen molar-refractivity contribution in [3.8, 4) is 11.4 Å². The Morgan fingerprint density at radius 3 is 3.07 bits per heavy atom. The molecule has 4 rings (SSSR count). The number of ether oxygens (including phenoxy) is 1. The molecule has 1 aliphatic heterocycles. The zero-order valence-corrected chi connectivity index (χ0v) is 15.3. The lowest BCUT2D eigenvalue weighted by Gasteiger charge is -2.19. The van der Waals surface area contributed by atoms with E-state index in [1.165, 1.54) is 0 Å². The number of methoxy groups -OCH3 is 1. The van der Waals surface area contributed by atoms with Gasteiger partial charge in [0.05, 0.1) is 25.5 Å². The SMILES string of the molecule is COCCNc1ccc(-c2noc([C@@H]3CCCN3Cc3ccco3)n2)cn1. The lowest BCUT2D eigenvalue weighted by molar-refractivity contribution is 0.188. The minimum atomic E-state index is 0.124. The monoisotopic (exact) mass is 369 g/mol. The molecular formula is C19H23N5O3. The number of rotatable bonds is 8. The molecular weight excluding hydrogens is 346 g/mol. The van der Waals surface area contributed by atoms with Crippen LogP contribution in [0.5, 0.6) is 0 Å². The van der Waals surface area contributed by atoms with Gasteiger partial charge in [0.2, 0.25) is 11.7 Å². The Morgan fingerprint density at radius 1 is 1.33 bits per heavy atom. The van der Waals surface area contributed by atoms with E-state index in [4.69, 9.17) is 13.7 Å². The van der Waals surface area contributed by atoms with Gasteiger partial charge in [0.15, 0.2) is 0 Å². The third kappa shape index (κ3) is 4.17. The summed E-state index contributed by atoms with van der Waals surface area (Å²) in [5, 5.41) is 7.34. The van der Waals surface area contributed by atoms with E-state index < -0.39 is 0 Å². The predicted octanol–water partition coefficient (Wildman–Crippen LogP) is 3.12. The number of hydrogen-bond acceptors (Lipinski definition) is 8. The van der Waals surface area contributed by atoms with E-state index >= 15 is 0 Å². The first kappa shape index (κ1) is 17.7. The van der Waals surface area contributed by atoms with Crippen molar-refractivity contribution in [1.82, 2.24) is 20.0 Å².